The summed E-state index contributed by atoms with van der Waals surface area (Å²) in [6.07, 6.45) is 1.98. The fourth-order valence-electron chi connectivity index (χ4n) is 2.19. The van der Waals surface area contributed by atoms with Gasteiger partial charge < -0.3 is 16.0 Å². The van der Waals surface area contributed by atoms with Gasteiger partial charge >= 0.3 is 0 Å². The van der Waals surface area contributed by atoms with Gasteiger partial charge in [0.1, 0.15) is 0 Å². The van der Waals surface area contributed by atoms with Gasteiger partial charge in [-0.15, -0.1) is 0 Å². The minimum atomic E-state index is -0.239. The third-order valence-electron chi connectivity index (χ3n) is 3.32. The van der Waals surface area contributed by atoms with E-state index >= 15 is 0 Å². The standard InChI is InChI=1S/C14H19N3O2/c1-15-13(18)8-9-16-12-7-6-10-4-2-3-5-11(10)17-14(12)19/h2-5,12,16H,6-9H2,1H3,(H,15,18)(H,17,19). The molecule has 0 radical (unpaired) electrons. The highest BCUT2D eigenvalue weighted by atomic mass is 16.2. The molecule has 0 spiro atoms. The predicted octanol–water partition coefficient (Wildman–Crippen LogP) is 0.666. The van der Waals surface area contributed by atoms with Gasteiger partial charge in [-0.25, -0.2) is 0 Å². The fourth-order valence-corrected chi connectivity index (χ4v) is 2.19. The zero-order chi connectivity index (χ0) is 13.7. The van der Waals surface area contributed by atoms with Crippen molar-refractivity contribution in [3.63, 3.8) is 0 Å². The van der Waals surface area contributed by atoms with Crippen LogP contribution in [0.25, 0.3) is 0 Å². The van der Waals surface area contributed by atoms with Gasteiger partial charge in [0.2, 0.25) is 11.8 Å². The number of hydrogen-bond donors (Lipinski definition) is 3. The van der Waals surface area contributed by atoms with Crippen molar-refractivity contribution >= 4 is 17.5 Å². The predicted molar refractivity (Wildman–Crippen MR) is 73.9 cm³/mol. The molecule has 0 aliphatic carbocycles. The molecule has 1 aromatic rings. The van der Waals surface area contributed by atoms with Gasteiger partial charge in [0, 0.05) is 25.7 Å². The quantitative estimate of drug-likeness (QED) is 0.746. The summed E-state index contributed by atoms with van der Waals surface area (Å²) in [6, 6.07) is 7.60. The first-order valence-corrected chi connectivity index (χ1v) is 6.53. The topological polar surface area (TPSA) is 70.2 Å². The third-order valence-corrected chi connectivity index (χ3v) is 3.32. The first kappa shape index (κ1) is 13.5. The minimum absolute atomic E-state index is 0.0233. The molecule has 0 saturated carbocycles. The van der Waals surface area contributed by atoms with Crippen LogP contribution in [0.5, 0.6) is 0 Å². The van der Waals surface area contributed by atoms with E-state index in [1.807, 2.05) is 24.3 Å². The number of nitrogens with one attached hydrogen (secondary N) is 3. The van der Waals surface area contributed by atoms with Crippen LogP contribution in [0.4, 0.5) is 5.69 Å². The summed E-state index contributed by atoms with van der Waals surface area (Å²) in [7, 11) is 1.61. The Labute approximate surface area is 112 Å². The first-order valence-electron chi connectivity index (χ1n) is 6.53. The number of hydrogen-bond acceptors (Lipinski definition) is 3. The summed E-state index contributed by atoms with van der Waals surface area (Å²) >= 11 is 0. The van der Waals surface area contributed by atoms with E-state index in [1.54, 1.807) is 7.05 Å². The highest BCUT2D eigenvalue weighted by Gasteiger charge is 2.22. The Morgan fingerprint density at radius 3 is 3.00 bits per heavy atom. The summed E-state index contributed by atoms with van der Waals surface area (Å²) in [4.78, 5) is 23.2. The lowest BCUT2D eigenvalue weighted by molar-refractivity contribution is -0.121. The minimum Gasteiger partial charge on any atom is -0.359 e. The Bertz CT molecular complexity index is 474. The Morgan fingerprint density at radius 2 is 2.21 bits per heavy atom. The van der Waals surface area contributed by atoms with E-state index in [-0.39, 0.29) is 17.9 Å². The number of fused-ring (bicyclic) bond motifs is 1. The molecule has 1 heterocycles. The molecular formula is C14H19N3O2. The molecule has 2 amide bonds. The van der Waals surface area contributed by atoms with Crippen LogP contribution in [0.15, 0.2) is 24.3 Å². The zero-order valence-electron chi connectivity index (χ0n) is 11.0. The number of rotatable bonds is 4. The van der Waals surface area contributed by atoms with E-state index in [0.717, 1.165) is 24.1 Å². The van der Waals surface area contributed by atoms with Gasteiger partial charge in [-0.2, -0.15) is 0 Å². The third kappa shape index (κ3) is 3.54. The normalized spacial score (nSPS) is 18.2. The molecule has 1 aromatic carbocycles. The number of amides is 2. The van der Waals surface area contributed by atoms with E-state index in [0.29, 0.717) is 13.0 Å². The summed E-state index contributed by atoms with van der Waals surface area (Å²) < 4.78 is 0. The number of carbonyl (C=O) groups is 2. The van der Waals surface area contributed by atoms with Gasteiger partial charge in [-0.1, -0.05) is 18.2 Å². The molecule has 1 aliphatic heterocycles. The molecule has 1 atom stereocenters. The maximum Gasteiger partial charge on any atom is 0.241 e. The number of anilines is 1. The Balaban J connectivity index is 1.91. The number of para-hydroxylation sites is 1. The SMILES string of the molecule is CNC(=O)CCNC1CCc2ccccc2NC1=O. The van der Waals surface area contributed by atoms with E-state index in [9.17, 15) is 9.59 Å². The molecule has 1 aliphatic rings. The van der Waals surface area contributed by atoms with Crippen LogP contribution in [0, 0.1) is 0 Å². The maximum absolute atomic E-state index is 12.0. The van der Waals surface area contributed by atoms with Crippen molar-refractivity contribution in [1.29, 1.82) is 0 Å². The summed E-state index contributed by atoms with van der Waals surface area (Å²) in [5, 5.41) is 8.62. The van der Waals surface area contributed by atoms with Crippen molar-refractivity contribution in [3.05, 3.63) is 29.8 Å². The van der Waals surface area contributed by atoms with E-state index in [4.69, 9.17) is 0 Å². The monoisotopic (exact) mass is 261 g/mol. The Morgan fingerprint density at radius 1 is 1.42 bits per heavy atom. The lowest BCUT2D eigenvalue weighted by atomic mass is 10.1. The molecule has 3 N–H and O–H groups in total. The molecule has 0 bridgehead atoms. The fraction of sp³-hybridized carbons (Fsp3) is 0.429. The molecule has 1 unspecified atom stereocenters. The lowest BCUT2D eigenvalue weighted by Crippen LogP contribution is -2.41. The molecule has 102 valence electrons. The first-order chi connectivity index (χ1) is 9.20. The van der Waals surface area contributed by atoms with Gasteiger partial charge in [-0.05, 0) is 24.5 Å². The van der Waals surface area contributed by atoms with Crippen molar-refractivity contribution < 1.29 is 9.59 Å². The highest BCUT2D eigenvalue weighted by molar-refractivity contribution is 5.96. The van der Waals surface area contributed by atoms with E-state index in [2.05, 4.69) is 16.0 Å². The average molecular weight is 261 g/mol. The van der Waals surface area contributed by atoms with Crippen LogP contribution in [-0.2, 0) is 16.0 Å². The molecule has 5 heteroatoms. The molecule has 0 aromatic heterocycles. The average Bonchev–Trinajstić information content (AvgIpc) is 2.58. The van der Waals surface area contributed by atoms with Crippen LogP contribution in [-0.4, -0.2) is 31.4 Å². The van der Waals surface area contributed by atoms with Crippen molar-refractivity contribution in [2.75, 3.05) is 18.9 Å². The summed E-state index contributed by atoms with van der Waals surface area (Å²) in [5.41, 5.74) is 2.05. The second-order valence-corrected chi connectivity index (χ2v) is 4.61. The molecule has 2 rings (SSSR count). The van der Waals surface area contributed by atoms with E-state index in [1.165, 1.54) is 0 Å². The molecule has 0 saturated heterocycles. The van der Waals surface area contributed by atoms with Crippen LogP contribution in [0.3, 0.4) is 0 Å². The smallest absolute Gasteiger partial charge is 0.241 e. The molecular weight excluding hydrogens is 242 g/mol. The maximum atomic E-state index is 12.0. The van der Waals surface area contributed by atoms with Crippen molar-refractivity contribution in [2.45, 2.75) is 25.3 Å². The van der Waals surface area contributed by atoms with Crippen molar-refractivity contribution in [2.24, 2.45) is 0 Å². The summed E-state index contributed by atoms with van der Waals surface area (Å²) in [6.45, 7) is 0.508. The largest absolute Gasteiger partial charge is 0.359 e. The molecule has 5 nitrogen and oxygen atoms in total. The highest BCUT2D eigenvalue weighted by Crippen LogP contribution is 2.21. The second kappa shape index (κ2) is 6.33. The second-order valence-electron chi connectivity index (χ2n) is 4.61. The van der Waals surface area contributed by atoms with Crippen molar-refractivity contribution in [3.8, 4) is 0 Å². The van der Waals surface area contributed by atoms with Crippen LogP contribution < -0.4 is 16.0 Å². The number of aryl methyl sites for hydroxylation is 1. The lowest BCUT2D eigenvalue weighted by Gasteiger charge is -2.14. The Hall–Kier alpha value is -1.88. The van der Waals surface area contributed by atoms with Gasteiger partial charge in [0.25, 0.3) is 0 Å². The van der Waals surface area contributed by atoms with Gasteiger partial charge in [-0.3, -0.25) is 9.59 Å². The van der Waals surface area contributed by atoms with E-state index < -0.39 is 0 Å². The Kier molecular flexibility index (Phi) is 4.52. The number of carbonyl (C=O) groups excluding carboxylic acids is 2. The van der Waals surface area contributed by atoms with Gasteiger partial charge in [0.15, 0.2) is 0 Å². The van der Waals surface area contributed by atoms with Gasteiger partial charge in [0.05, 0.1) is 6.04 Å². The van der Waals surface area contributed by atoms with Crippen molar-refractivity contribution in [1.82, 2.24) is 10.6 Å². The molecule has 0 fully saturated rings. The van der Waals surface area contributed by atoms with Crippen LogP contribution in [0.1, 0.15) is 18.4 Å². The number of benzene rings is 1. The van der Waals surface area contributed by atoms with Crippen LogP contribution >= 0.6 is 0 Å². The van der Waals surface area contributed by atoms with Crippen LogP contribution in [0.2, 0.25) is 0 Å². The zero-order valence-corrected chi connectivity index (χ0v) is 11.0. The summed E-state index contributed by atoms with van der Waals surface area (Å²) in [5.74, 6) is -0.0494. The molecule has 19 heavy (non-hydrogen) atoms.